The van der Waals surface area contributed by atoms with Gasteiger partial charge in [-0.05, 0) is 48.5 Å². The van der Waals surface area contributed by atoms with E-state index in [0.717, 1.165) is 22.8 Å². The molecule has 0 amide bonds. The zero-order chi connectivity index (χ0) is 15.9. The monoisotopic (exact) mass is 312 g/mol. The van der Waals surface area contributed by atoms with Gasteiger partial charge in [0.05, 0.1) is 7.11 Å². The van der Waals surface area contributed by atoms with E-state index in [0.29, 0.717) is 19.1 Å². The highest BCUT2D eigenvalue weighted by molar-refractivity contribution is 5.53. The van der Waals surface area contributed by atoms with Crippen LogP contribution < -0.4 is 14.2 Å². The second kappa shape index (κ2) is 7.31. The zero-order valence-electron chi connectivity index (χ0n) is 12.6. The van der Waals surface area contributed by atoms with Crippen LogP contribution in [0.25, 0.3) is 11.5 Å². The van der Waals surface area contributed by atoms with Crippen LogP contribution in [0.2, 0.25) is 0 Å². The summed E-state index contributed by atoms with van der Waals surface area (Å²) in [5.74, 6) is 2.82. The average Bonchev–Trinajstić information content (AvgIpc) is 3.14. The maximum absolute atomic E-state index is 5.63. The summed E-state index contributed by atoms with van der Waals surface area (Å²) >= 11 is 0. The largest absolute Gasteiger partial charge is 0.497 e. The highest BCUT2D eigenvalue weighted by Crippen LogP contribution is 2.20. The first-order valence-electron chi connectivity index (χ1n) is 7.11. The zero-order valence-corrected chi connectivity index (χ0v) is 12.6. The first kappa shape index (κ1) is 14.9. The molecule has 23 heavy (non-hydrogen) atoms. The highest BCUT2D eigenvalue weighted by atomic mass is 16.5. The summed E-state index contributed by atoms with van der Waals surface area (Å²) in [5.41, 5.74) is 0.851. The van der Waals surface area contributed by atoms with Gasteiger partial charge in [0.2, 0.25) is 12.3 Å². The Hall–Kier alpha value is -3.02. The number of nitrogens with zero attached hydrogens (tertiary/aromatic N) is 2. The van der Waals surface area contributed by atoms with Crippen LogP contribution in [0.15, 0.2) is 59.3 Å². The predicted octanol–water partition coefficient (Wildman–Crippen LogP) is 3.20. The maximum atomic E-state index is 5.63. The van der Waals surface area contributed by atoms with Crippen molar-refractivity contribution in [2.24, 2.45) is 0 Å². The van der Waals surface area contributed by atoms with Crippen LogP contribution in [0.4, 0.5) is 0 Å². The number of benzene rings is 2. The summed E-state index contributed by atoms with van der Waals surface area (Å²) in [6.07, 6.45) is 1.30. The summed E-state index contributed by atoms with van der Waals surface area (Å²) in [6.45, 7) is 0.906. The molecule has 0 aliphatic rings. The molecule has 0 aliphatic heterocycles. The highest BCUT2D eigenvalue weighted by Gasteiger charge is 2.03. The Bertz CT molecular complexity index is 709. The molecule has 3 aromatic rings. The summed E-state index contributed by atoms with van der Waals surface area (Å²) in [7, 11) is 1.63. The second-order valence-electron chi connectivity index (χ2n) is 4.64. The van der Waals surface area contributed by atoms with Gasteiger partial charge in [0.15, 0.2) is 0 Å². The molecular formula is C17H16N2O4. The standard InChI is InChI=1S/C17H16N2O4/c1-20-14-6-8-16(9-7-14)22-11-10-21-15-4-2-13(3-5-15)17-19-18-12-23-17/h2-9,12H,10-11H2,1H3. The molecule has 1 aromatic heterocycles. The van der Waals surface area contributed by atoms with E-state index in [4.69, 9.17) is 18.6 Å². The average molecular weight is 312 g/mol. The van der Waals surface area contributed by atoms with E-state index >= 15 is 0 Å². The van der Waals surface area contributed by atoms with Gasteiger partial charge < -0.3 is 18.6 Å². The summed E-state index contributed by atoms with van der Waals surface area (Å²) in [4.78, 5) is 0. The van der Waals surface area contributed by atoms with Crippen molar-refractivity contribution in [1.82, 2.24) is 10.2 Å². The first-order valence-corrected chi connectivity index (χ1v) is 7.11. The molecule has 0 bridgehead atoms. The number of ether oxygens (including phenoxy) is 3. The lowest BCUT2D eigenvalue weighted by atomic mass is 10.2. The van der Waals surface area contributed by atoms with Gasteiger partial charge >= 0.3 is 0 Å². The molecule has 6 heteroatoms. The molecule has 0 saturated carbocycles. The molecule has 3 rings (SSSR count). The van der Waals surface area contributed by atoms with Crippen LogP contribution in [0, 0.1) is 0 Å². The van der Waals surface area contributed by atoms with E-state index in [1.54, 1.807) is 7.11 Å². The van der Waals surface area contributed by atoms with E-state index in [1.807, 2.05) is 48.5 Å². The molecule has 0 N–H and O–H groups in total. The fourth-order valence-corrected chi connectivity index (χ4v) is 1.98. The van der Waals surface area contributed by atoms with Crippen molar-refractivity contribution in [3.05, 3.63) is 54.9 Å². The number of hydrogen-bond donors (Lipinski definition) is 0. The third kappa shape index (κ3) is 4.00. The summed E-state index contributed by atoms with van der Waals surface area (Å²) < 4.78 is 21.4. The molecule has 118 valence electrons. The van der Waals surface area contributed by atoms with Crippen molar-refractivity contribution < 1.29 is 18.6 Å². The normalized spacial score (nSPS) is 10.3. The van der Waals surface area contributed by atoms with Crippen molar-refractivity contribution in [1.29, 1.82) is 0 Å². The van der Waals surface area contributed by atoms with Gasteiger partial charge in [-0.25, -0.2) is 0 Å². The number of methoxy groups -OCH3 is 1. The SMILES string of the molecule is COc1ccc(OCCOc2ccc(-c3nnco3)cc2)cc1. The van der Waals surface area contributed by atoms with Crippen LogP contribution in [-0.4, -0.2) is 30.5 Å². The van der Waals surface area contributed by atoms with E-state index < -0.39 is 0 Å². The molecule has 0 spiro atoms. The molecular weight excluding hydrogens is 296 g/mol. The Kier molecular flexibility index (Phi) is 4.73. The van der Waals surface area contributed by atoms with Crippen molar-refractivity contribution in [2.75, 3.05) is 20.3 Å². The van der Waals surface area contributed by atoms with Gasteiger partial charge in [0, 0.05) is 5.56 Å². The molecule has 0 aliphatic carbocycles. The van der Waals surface area contributed by atoms with Crippen LogP contribution in [0.5, 0.6) is 17.2 Å². The lowest BCUT2D eigenvalue weighted by Crippen LogP contribution is -2.08. The molecule has 6 nitrogen and oxygen atoms in total. The fraction of sp³-hybridized carbons (Fsp3) is 0.176. The van der Waals surface area contributed by atoms with Gasteiger partial charge in [-0.2, -0.15) is 0 Å². The number of hydrogen-bond acceptors (Lipinski definition) is 6. The second-order valence-corrected chi connectivity index (χ2v) is 4.64. The van der Waals surface area contributed by atoms with Crippen molar-refractivity contribution in [3.63, 3.8) is 0 Å². The smallest absolute Gasteiger partial charge is 0.247 e. The van der Waals surface area contributed by atoms with Gasteiger partial charge in [0.25, 0.3) is 0 Å². The molecule has 0 radical (unpaired) electrons. The number of aromatic nitrogens is 2. The van der Waals surface area contributed by atoms with Crippen LogP contribution in [-0.2, 0) is 0 Å². The van der Waals surface area contributed by atoms with Crippen molar-refractivity contribution >= 4 is 0 Å². The van der Waals surface area contributed by atoms with Gasteiger partial charge in [-0.1, -0.05) is 0 Å². The van der Waals surface area contributed by atoms with Crippen LogP contribution >= 0.6 is 0 Å². The molecule has 0 fully saturated rings. The van der Waals surface area contributed by atoms with Crippen molar-refractivity contribution in [2.45, 2.75) is 0 Å². The quantitative estimate of drug-likeness (QED) is 0.624. The lowest BCUT2D eigenvalue weighted by Gasteiger charge is -2.09. The van der Waals surface area contributed by atoms with Gasteiger partial charge in [-0.3, -0.25) is 0 Å². The Labute approximate surface area is 133 Å². The predicted molar refractivity (Wildman–Crippen MR) is 83.7 cm³/mol. The van der Waals surface area contributed by atoms with E-state index in [9.17, 15) is 0 Å². The molecule has 1 heterocycles. The topological polar surface area (TPSA) is 66.6 Å². The minimum Gasteiger partial charge on any atom is -0.497 e. The Morgan fingerprint density at radius 2 is 1.39 bits per heavy atom. The van der Waals surface area contributed by atoms with Gasteiger partial charge in [0.1, 0.15) is 30.5 Å². The van der Waals surface area contributed by atoms with Gasteiger partial charge in [-0.15, -0.1) is 10.2 Å². The van der Waals surface area contributed by atoms with Crippen molar-refractivity contribution in [3.8, 4) is 28.7 Å². The third-order valence-electron chi connectivity index (χ3n) is 3.14. The molecule has 0 unspecified atom stereocenters. The van der Waals surface area contributed by atoms with Crippen LogP contribution in [0.1, 0.15) is 0 Å². The fourth-order valence-electron chi connectivity index (χ4n) is 1.98. The van der Waals surface area contributed by atoms with E-state index in [1.165, 1.54) is 6.39 Å². The van der Waals surface area contributed by atoms with Crippen LogP contribution in [0.3, 0.4) is 0 Å². The minimum atomic E-state index is 0.450. The molecule has 0 saturated heterocycles. The van der Waals surface area contributed by atoms with E-state index in [2.05, 4.69) is 10.2 Å². The molecule has 0 atom stereocenters. The Morgan fingerprint density at radius 3 is 1.91 bits per heavy atom. The Balaban J connectivity index is 1.45. The third-order valence-corrected chi connectivity index (χ3v) is 3.14. The minimum absolute atomic E-state index is 0.450. The first-order chi connectivity index (χ1) is 11.3. The summed E-state index contributed by atoms with van der Waals surface area (Å²) in [6, 6.07) is 14.9. The van der Waals surface area contributed by atoms with E-state index in [-0.39, 0.29) is 0 Å². The molecule has 2 aromatic carbocycles. The summed E-state index contributed by atoms with van der Waals surface area (Å²) in [5, 5.41) is 7.50. The Morgan fingerprint density at radius 1 is 0.826 bits per heavy atom. The number of rotatable bonds is 7. The lowest BCUT2D eigenvalue weighted by molar-refractivity contribution is 0.217. The maximum Gasteiger partial charge on any atom is 0.247 e.